The fourth-order valence-electron chi connectivity index (χ4n) is 1.82. The van der Waals surface area contributed by atoms with E-state index in [-0.39, 0.29) is 0 Å². The molecule has 0 aliphatic carbocycles. The number of rotatable bonds is 3. The first-order chi connectivity index (χ1) is 7.79. The van der Waals surface area contributed by atoms with Crippen molar-refractivity contribution in [2.75, 3.05) is 0 Å². The molecular formula is C15H15I. The highest BCUT2D eigenvalue weighted by molar-refractivity contribution is 14.1. The molecule has 0 radical (unpaired) electrons. The van der Waals surface area contributed by atoms with Crippen molar-refractivity contribution in [2.24, 2.45) is 0 Å². The van der Waals surface area contributed by atoms with Crippen LogP contribution in [-0.4, -0.2) is 0 Å². The van der Waals surface area contributed by atoms with Gasteiger partial charge in [0, 0.05) is 3.57 Å². The van der Waals surface area contributed by atoms with Crippen LogP contribution in [0.25, 0.3) is 11.1 Å². The Kier molecular flexibility index (Phi) is 3.99. The number of hydrogen-bond acceptors (Lipinski definition) is 0. The summed E-state index contributed by atoms with van der Waals surface area (Å²) in [6.45, 7) is 2.22. The smallest absolute Gasteiger partial charge is 0.0136 e. The molecule has 0 N–H and O–H groups in total. The summed E-state index contributed by atoms with van der Waals surface area (Å²) in [5.74, 6) is 0. The molecule has 0 fully saturated rings. The van der Waals surface area contributed by atoms with Crippen LogP contribution in [0.15, 0.2) is 48.5 Å². The molecule has 0 saturated carbocycles. The molecule has 2 aromatic carbocycles. The van der Waals surface area contributed by atoms with Gasteiger partial charge in [0.2, 0.25) is 0 Å². The van der Waals surface area contributed by atoms with Crippen molar-refractivity contribution in [3.63, 3.8) is 0 Å². The van der Waals surface area contributed by atoms with Crippen LogP contribution in [-0.2, 0) is 6.42 Å². The summed E-state index contributed by atoms with van der Waals surface area (Å²) in [6, 6.07) is 17.5. The predicted molar refractivity (Wildman–Crippen MR) is 78.6 cm³/mol. The van der Waals surface area contributed by atoms with Crippen LogP contribution in [0.2, 0.25) is 0 Å². The zero-order chi connectivity index (χ0) is 11.4. The maximum atomic E-state index is 2.35. The molecule has 0 aliphatic heterocycles. The second-order valence-electron chi connectivity index (χ2n) is 3.96. The molecule has 0 nitrogen and oxygen atoms in total. The minimum Gasteiger partial charge on any atom is -0.0651 e. The molecule has 16 heavy (non-hydrogen) atoms. The Hall–Kier alpha value is -0.830. The highest BCUT2D eigenvalue weighted by atomic mass is 127. The lowest BCUT2D eigenvalue weighted by Crippen LogP contribution is -1.84. The Balaban J connectivity index is 2.27. The number of aryl methyl sites for hydroxylation is 1. The molecule has 0 unspecified atom stereocenters. The van der Waals surface area contributed by atoms with Gasteiger partial charge >= 0.3 is 0 Å². The Morgan fingerprint density at radius 3 is 2.31 bits per heavy atom. The van der Waals surface area contributed by atoms with Crippen LogP contribution in [0.1, 0.15) is 18.9 Å². The summed E-state index contributed by atoms with van der Waals surface area (Å²) < 4.78 is 1.28. The van der Waals surface area contributed by atoms with E-state index < -0.39 is 0 Å². The summed E-state index contributed by atoms with van der Waals surface area (Å²) in [5.41, 5.74) is 4.03. The topological polar surface area (TPSA) is 0 Å². The van der Waals surface area contributed by atoms with Crippen LogP contribution in [0.4, 0.5) is 0 Å². The van der Waals surface area contributed by atoms with E-state index in [1.54, 1.807) is 0 Å². The summed E-state index contributed by atoms with van der Waals surface area (Å²) >= 11 is 2.35. The van der Waals surface area contributed by atoms with E-state index in [0.717, 1.165) is 0 Å². The lowest BCUT2D eigenvalue weighted by Gasteiger charge is -2.04. The number of hydrogen-bond donors (Lipinski definition) is 0. The first-order valence-corrected chi connectivity index (χ1v) is 6.72. The molecule has 0 aromatic heterocycles. The van der Waals surface area contributed by atoms with Crippen molar-refractivity contribution in [1.29, 1.82) is 0 Å². The molecule has 1 heteroatoms. The van der Waals surface area contributed by atoms with E-state index in [0.29, 0.717) is 0 Å². The third kappa shape index (κ3) is 2.85. The van der Waals surface area contributed by atoms with Crippen LogP contribution in [0, 0.1) is 3.57 Å². The monoisotopic (exact) mass is 322 g/mol. The Morgan fingerprint density at radius 1 is 0.938 bits per heavy atom. The lowest BCUT2D eigenvalue weighted by molar-refractivity contribution is 0.922. The van der Waals surface area contributed by atoms with Gasteiger partial charge in [0.15, 0.2) is 0 Å². The predicted octanol–water partition coefficient (Wildman–Crippen LogP) is 4.91. The van der Waals surface area contributed by atoms with Gasteiger partial charge < -0.3 is 0 Å². The molecule has 82 valence electrons. The highest BCUT2D eigenvalue weighted by Gasteiger charge is 1.98. The van der Waals surface area contributed by atoms with Gasteiger partial charge in [-0.2, -0.15) is 0 Å². The van der Waals surface area contributed by atoms with Crippen LogP contribution in [0.3, 0.4) is 0 Å². The SMILES string of the molecule is CCCc1ccc(-c2cccc(I)c2)cc1. The van der Waals surface area contributed by atoms with E-state index in [9.17, 15) is 0 Å². The van der Waals surface area contributed by atoms with Crippen molar-refractivity contribution in [3.8, 4) is 11.1 Å². The summed E-state index contributed by atoms with van der Waals surface area (Å²) in [4.78, 5) is 0. The molecule has 0 amide bonds. The number of benzene rings is 2. The quantitative estimate of drug-likeness (QED) is 0.704. The first-order valence-electron chi connectivity index (χ1n) is 5.64. The van der Waals surface area contributed by atoms with E-state index in [1.165, 1.54) is 33.1 Å². The van der Waals surface area contributed by atoms with Gasteiger partial charge in [-0.05, 0) is 57.8 Å². The molecule has 2 rings (SSSR count). The van der Waals surface area contributed by atoms with Gasteiger partial charge in [0.1, 0.15) is 0 Å². The van der Waals surface area contributed by atoms with Crippen LogP contribution in [0.5, 0.6) is 0 Å². The third-order valence-corrected chi connectivity index (χ3v) is 3.32. The second-order valence-corrected chi connectivity index (χ2v) is 5.20. The van der Waals surface area contributed by atoms with Gasteiger partial charge in [-0.15, -0.1) is 0 Å². The van der Waals surface area contributed by atoms with E-state index in [2.05, 4.69) is 78.0 Å². The minimum atomic E-state index is 1.17. The van der Waals surface area contributed by atoms with Crippen molar-refractivity contribution in [3.05, 3.63) is 57.7 Å². The molecule has 0 saturated heterocycles. The fraction of sp³-hybridized carbons (Fsp3) is 0.200. The largest absolute Gasteiger partial charge is 0.0651 e. The van der Waals surface area contributed by atoms with Crippen LogP contribution >= 0.6 is 22.6 Å². The normalized spacial score (nSPS) is 10.4. The Bertz CT molecular complexity index is 457. The third-order valence-electron chi connectivity index (χ3n) is 2.65. The standard InChI is InChI=1S/C15H15I/c1-2-4-12-7-9-13(10-8-12)14-5-3-6-15(16)11-14/h3,5-11H,2,4H2,1H3. The fourth-order valence-corrected chi connectivity index (χ4v) is 2.36. The van der Waals surface area contributed by atoms with E-state index in [4.69, 9.17) is 0 Å². The van der Waals surface area contributed by atoms with Gasteiger partial charge in [0.25, 0.3) is 0 Å². The minimum absolute atomic E-state index is 1.17. The zero-order valence-electron chi connectivity index (χ0n) is 9.41. The van der Waals surface area contributed by atoms with Gasteiger partial charge in [-0.3, -0.25) is 0 Å². The van der Waals surface area contributed by atoms with Gasteiger partial charge in [-0.1, -0.05) is 49.7 Å². The Morgan fingerprint density at radius 2 is 1.69 bits per heavy atom. The van der Waals surface area contributed by atoms with E-state index >= 15 is 0 Å². The zero-order valence-corrected chi connectivity index (χ0v) is 11.6. The molecule has 0 spiro atoms. The van der Waals surface area contributed by atoms with E-state index in [1.807, 2.05) is 0 Å². The van der Waals surface area contributed by atoms with Crippen molar-refractivity contribution >= 4 is 22.6 Å². The van der Waals surface area contributed by atoms with Crippen LogP contribution < -0.4 is 0 Å². The average molecular weight is 322 g/mol. The second kappa shape index (κ2) is 5.48. The van der Waals surface area contributed by atoms with Gasteiger partial charge in [-0.25, -0.2) is 0 Å². The molecule has 0 aliphatic rings. The maximum absolute atomic E-state index is 2.35. The maximum Gasteiger partial charge on any atom is 0.0136 e. The summed E-state index contributed by atoms with van der Waals surface area (Å²) in [6.07, 6.45) is 2.38. The van der Waals surface area contributed by atoms with Gasteiger partial charge in [0.05, 0.1) is 0 Å². The van der Waals surface area contributed by atoms with Crippen molar-refractivity contribution < 1.29 is 0 Å². The van der Waals surface area contributed by atoms with Crippen molar-refractivity contribution in [2.45, 2.75) is 19.8 Å². The molecule has 2 aromatic rings. The first kappa shape index (κ1) is 11.6. The van der Waals surface area contributed by atoms with Crippen molar-refractivity contribution in [1.82, 2.24) is 0 Å². The summed E-state index contributed by atoms with van der Waals surface area (Å²) in [5, 5.41) is 0. The Labute approximate surface area is 111 Å². The molecule has 0 atom stereocenters. The molecule has 0 bridgehead atoms. The number of halogens is 1. The highest BCUT2D eigenvalue weighted by Crippen LogP contribution is 2.21. The molecule has 0 heterocycles. The average Bonchev–Trinajstić information content (AvgIpc) is 2.30. The lowest BCUT2D eigenvalue weighted by atomic mass is 10.0. The summed E-state index contributed by atoms with van der Waals surface area (Å²) in [7, 11) is 0. The molecular weight excluding hydrogens is 307 g/mol.